The highest BCUT2D eigenvalue weighted by atomic mass is 16.1. The molecule has 0 fully saturated rings. The molecule has 0 bridgehead atoms. The van der Waals surface area contributed by atoms with Gasteiger partial charge in [-0.15, -0.1) is 10.2 Å². The van der Waals surface area contributed by atoms with Crippen molar-refractivity contribution in [1.82, 2.24) is 15.0 Å². The Labute approximate surface area is 148 Å². The normalized spacial score (nSPS) is 11.5. The zero-order valence-electron chi connectivity index (χ0n) is 15.4. The first-order valence-electron chi connectivity index (χ1n) is 8.64. The highest BCUT2D eigenvalue weighted by Gasteiger charge is 2.12. The molecule has 1 amide bonds. The number of nitrogens with zero attached hydrogens (tertiary/aromatic N) is 3. The van der Waals surface area contributed by atoms with E-state index >= 15 is 0 Å². The van der Waals surface area contributed by atoms with Crippen molar-refractivity contribution in [3.8, 4) is 5.69 Å². The molecule has 0 aliphatic rings. The van der Waals surface area contributed by atoms with Gasteiger partial charge in [0.2, 0.25) is 5.91 Å². The molecular formula is C20H24N4O. The first-order valence-corrected chi connectivity index (χ1v) is 8.64. The van der Waals surface area contributed by atoms with E-state index in [1.54, 1.807) is 4.80 Å². The van der Waals surface area contributed by atoms with Gasteiger partial charge in [0.15, 0.2) is 0 Å². The number of rotatable bonds is 4. The summed E-state index contributed by atoms with van der Waals surface area (Å²) in [5.74, 6) is 0.429. The molecule has 0 saturated carbocycles. The molecule has 1 N–H and O–H groups in total. The van der Waals surface area contributed by atoms with Gasteiger partial charge >= 0.3 is 0 Å². The van der Waals surface area contributed by atoms with Crippen LogP contribution in [-0.4, -0.2) is 20.9 Å². The fourth-order valence-corrected chi connectivity index (χ4v) is 2.59. The number of benzene rings is 2. The Kier molecular flexibility index (Phi) is 4.57. The van der Waals surface area contributed by atoms with Crippen molar-refractivity contribution in [3.05, 3.63) is 47.5 Å². The zero-order valence-corrected chi connectivity index (χ0v) is 15.4. The lowest BCUT2D eigenvalue weighted by Crippen LogP contribution is -2.18. The molecule has 0 aliphatic carbocycles. The van der Waals surface area contributed by atoms with Crippen LogP contribution < -0.4 is 5.32 Å². The lowest BCUT2D eigenvalue weighted by molar-refractivity contribution is -0.118. The molecule has 5 nitrogen and oxygen atoms in total. The number of hydrogen-bond acceptors (Lipinski definition) is 3. The second kappa shape index (κ2) is 6.67. The second-order valence-electron chi connectivity index (χ2n) is 7.04. The Hall–Kier alpha value is -2.69. The second-order valence-corrected chi connectivity index (χ2v) is 7.04. The molecule has 0 atom stereocenters. The van der Waals surface area contributed by atoms with E-state index in [4.69, 9.17) is 0 Å². The molecule has 1 aromatic heterocycles. The maximum absolute atomic E-state index is 12.0. The van der Waals surface area contributed by atoms with Crippen molar-refractivity contribution in [2.24, 2.45) is 5.92 Å². The third-order valence-corrected chi connectivity index (χ3v) is 4.30. The topological polar surface area (TPSA) is 59.8 Å². The van der Waals surface area contributed by atoms with E-state index in [0.29, 0.717) is 5.92 Å². The van der Waals surface area contributed by atoms with Crippen LogP contribution in [0.25, 0.3) is 16.7 Å². The average molecular weight is 336 g/mol. The van der Waals surface area contributed by atoms with E-state index < -0.39 is 0 Å². The zero-order chi connectivity index (χ0) is 18.1. The summed E-state index contributed by atoms with van der Waals surface area (Å²) in [6.07, 6.45) is 0. The Morgan fingerprint density at radius 2 is 1.60 bits per heavy atom. The molecule has 3 aromatic rings. The Morgan fingerprint density at radius 1 is 1.00 bits per heavy atom. The molecule has 3 rings (SSSR count). The van der Waals surface area contributed by atoms with E-state index in [2.05, 4.69) is 41.5 Å². The van der Waals surface area contributed by atoms with Crippen LogP contribution in [0.5, 0.6) is 0 Å². The number of fused-ring (bicyclic) bond motifs is 1. The molecule has 0 unspecified atom stereocenters. The predicted molar refractivity (Wildman–Crippen MR) is 101 cm³/mol. The molecule has 1 heterocycles. The molecule has 0 radical (unpaired) electrons. The highest BCUT2D eigenvalue weighted by molar-refractivity contribution is 5.95. The summed E-state index contributed by atoms with van der Waals surface area (Å²) in [7, 11) is 0. The van der Waals surface area contributed by atoms with Crippen LogP contribution in [0.2, 0.25) is 0 Å². The summed E-state index contributed by atoms with van der Waals surface area (Å²) in [5, 5.41) is 12.1. The molecular weight excluding hydrogens is 312 g/mol. The number of carbonyl (C=O) groups excluding carboxylic acids is 1. The summed E-state index contributed by atoms with van der Waals surface area (Å²) < 4.78 is 0. The molecule has 5 heteroatoms. The largest absolute Gasteiger partial charge is 0.326 e. The van der Waals surface area contributed by atoms with Gasteiger partial charge in [0.1, 0.15) is 11.0 Å². The minimum atomic E-state index is -0.0646. The number of nitrogens with one attached hydrogen (secondary N) is 1. The van der Waals surface area contributed by atoms with Crippen LogP contribution in [0.4, 0.5) is 5.69 Å². The molecule has 0 spiro atoms. The summed E-state index contributed by atoms with van der Waals surface area (Å²) in [6, 6.07) is 12.1. The van der Waals surface area contributed by atoms with Crippen molar-refractivity contribution in [1.29, 1.82) is 0 Å². The number of aryl methyl sites for hydroxylation is 1. The first-order chi connectivity index (χ1) is 11.8. The average Bonchev–Trinajstić information content (AvgIpc) is 2.97. The lowest BCUT2D eigenvalue weighted by Gasteiger charge is -2.09. The van der Waals surface area contributed by atoms with Gasteiger partial charge in [-0.2, -0.15) is 4.80 Å². The Bertz CT molecular complexity index is 907. The maximum Gasteiger partial charge on any atom is 0.226 e. The van der Waals surface area contributed by atoms with Crippen LogP contribution in [0, 0.1) is 12.8 Å². The van der Waals surface area contributed by atoms with Gasteiger partial charge in [0, 0.05) is 11.6 Å². The molecule has 0 saturated heterocycles. The minimum Gasteiger partial charge on any atom is -0.326 e. The van der Waals surface area contributed by atoms with Crippen molar-refractivity contribution >= 4 is 22.6 Å². The van der Waals surface area contributed by atoms with Crippen molar-refractivity contribution < 1.29 is 4.79 Å². The summed E-state index contributed by atoms with van der Waals surface area (Å²) in [6.45, 7) is 10.1. The summed E-state index contributed by atoms with van der Waals surface area (Å²) >= 11 is 0. The van der Waals surface area contributed by atoms with E-state index in [-0.39, 0.29) is 11.8 Å². The van der Waals surface area contributed by atoms with Gasteiger partial charge in [0.05, 0.1) is 5.69 Å². The van der Waals surface area contributed by atoms with Crippen molar-refractivity contribution in [2.75, 3.05) is 5.32 Å². The number of carbonyl (C=O) groups is 1. The van der Waals surface area contributed by atoms with Crippen molar-refractivity contribution in [3.63, 3.8) is 0 Å². The Balaban J connectivity index is 1.95. The van der Waals surface area contributed by atoms with Crippen LogP contribution in [0.15, 0.2) is 36.4 Å². The van der Waals surface area contributed by atoms with Crippen LogP contribution in [0.1, 0.15) is 44.7 Å². The number of anilines is 1. The third-order valence-electron chi connectivity index (χ3n) is 4.30. The van der Waals surface area contributed by atoms with E-state index in [1.165, 1.54) is 5.56 Å². The van der Waals surface area contributed by atoms with E-state index in [0.717, 1.165) is 28.0 Å². The minimum absolute atomic E-state index is 0.000818. The Morgan fingerprint density at radius 3 is 2.16 bits per heavy atom. The van der Waals surface area contributed by atoms with Gasteiger partial charge < -0.3 is 5.32 Å². The number of amides is 1. The van der Waals surface area contributed by atoms with Crippen LogP contribution in [-0.2, 0) is 4.79 Å². The first kappa shape index (κ1) is 17.1. The summed E-state index contributed by atoms with van der Waals surface area (Å²) in [4.78, 5) is 13.6. The fraction of sp³-hybridized carbons (Fsp3) is 0.350. The molecule has 130 valence electrons. The summed E-state index contributed by atoms with van der Waals surface area (Å²) in [5.41, 5.74) is 5.55. The quantitative estimate of drug-likeness (QED) is 0.766. The van der Waals surface area contributed by atoms with Gasteiger partial charge in [-0.3, -0.25) is 4.79 Å². The lowest BCUT2D eigenvalue weighted by atomic mass is 10.0. The third kappa shape index (κ3) is 3.55. The van der Waals surface area contributed by atoms with Gasteiger partial charge in [-0.05, 0) is 48.2 Å². The van der Waals surface area contributed by atoms with Crippen LogP contribution in [0.3, 0.4) is 0 Å². The van der Waals surface area contributed by atoms with Gasteiger partial charge in [-0.25, -0.2) is 0 Å². The predicted octanol–water partition coefficient (Wildman–Crippen LogP) is 4.45. The number of aromatic nitrogens is 3. The maximum atomic E-state index is 12.0. The smallest absolute Gasteiger partial charge is 0.226 e. The van der Waals surface area contributed by atoms with Gasteiger partial charge in [-0.1, -0.05) is 39.8 Å². The SMILES string of the molecule is Cc1cc2nn(-c3ccc(C(C)C)cc3)nc2cc1NC(=O)C(C)C. The number of hydrogen-bond donors (Lipinski definition) is 1. The molecule has 25 heavy (non-hydrogen) atoms. The standard InChI is InChI=1S/C20H24N4O/c1-12(2)15-6-8-16(9-7-15)24-22-18-10-14(5)17(11-19(18)23-24)21-20(25)13(3)4/h6-13H,1-5H3,(H,21,25). The fourth-order valence-electron chi connectivity index (χ4n) is 2.59. The van der Waals surface area contributed by atoms with Crippen LogP contribution >= 0.6 is 0 Å². The monoisotopic (exact) mass is 336 g/mol. The van der Waals surface area contributed by atoms with Gasteiger partial charge in [0.25, 0.3) is 0 Å². The van der Waals surface area contributed by atoms with Crippen molar-refractivity contribution in [2.45, 2.75) is 40.5 Å². The van der Waals surface area contributed by atoms with E-state index in [9.17, 15) is 4.79 Å². The van der Waals surface area contributed by atoms with E-state index in [1.807, 2.05) is 45.0 Å². The molecule has 0 aliphatic heterocycles. The molecule has 2 aromatic carbocycles. The highest BCUT2D eigenvalue weighted by Crippen LogP contribution is 2.23.